The lowest BCUT2D eigenvalue weighted by Gasteiger charge is -2.19. The highest BCUT2D eigenvalue weighted by molar-refractivity contribution is 7.89. The van der Waals surface area contributed by atoms with Crippen LogP contribution in [0.2, 0.25) is 0 Å². The van der Waals surface area contributed by atoms with Crippen molar-refractivity contribution >= 4 is 21.9 Å². The first kappa shape index (κ1) is 19.4. The normalized spacial score (nSPS) is 17.9. The van der Waals surface area contributed by atoms with Crippen LogP contribution in [0.5, 0.6) is 0 Å². The molecule has 0 bridgehead atoms. The number of hydrogen-bond donors (Lipinski definition) is 3. The van der Waals surface area contributed by atoms with Crippen molar-refractivity contribution < 1.29 is 28.2 Å². The van der Waals surface area contributed by atoms with E-state index in [1.54, 1.807) is 6.92 Å². The predicted molar refractivity (Wildman–Crippen MR) is 89.7 cm³/mol. The topological polar surface area (TPSA) is 124 Å². The maximum Gasteiger partial charge on any atom is 0.328 e. The molecule has 2 rings (SSSR count). The van der Waals surface area contributed by atoms with E-state index in [4.69, 9.17) is 5.11 Å². The predicted octanol–water partition coefficient (Wildman–Crippen LogP) is 0.343. The molecular weight excluding hydrogens is 348 g/mol. The molecule has 1 heterocycles. The molecule has 1 aliphatic heterocycles. The number of sulfonamides is 1. The summed E-state index contributed by atoms with van der Waals surface area (Å²) in [4.78, 5) is 23.5. The summed E-state index contributed by atoms with van der Waals surface area (Å²) in [5, 5.41) is 20.8. The number of rotatable bonds is 6. The highest BCUT2D eigenvalue weighted by Gasteiger charge is 2.29. The molecule has 0 aromatic heterocycles. The fourth-order valence-corrected chi connectivity index (χ4v) is 4.24. The molecule has 0 spiro atoms. The Kier molecular flexibility index (Phi) is 5.81. The molecule has 2 atom stereocenters. The lowest BCUT2D eigenvalue weighted by molar-refractivity contribution is -0.141. The second-order valence-electron chi connectivity index (χ2n) is 6.12. The van der Waals surface area contributed by atoms with E-state index in [0.717, 1.165) is 12.8 Å². The third-order valence-electron chi connectivity index (χ3n) is 4.19. The molecule has 0 unspecified atom stereocenters. The molecule has 138 valence electrons. The van der Waals surface area contributed by atoms with Crippen molar-refractivity contribution in [3.05, 3.63) is 29.3 Å². The van der Waals surface area contributed by atoms with Gasteiger partial charge in [-0.2, -0.15) is 4.31 Å². The molecule has 25 heavy (non-hydrogen) atoms. The minimum Gasteiger partial charge on any atom is -0.480 e. The minimum absolute atomic E-state index is 0.00549. The van der Waals surface area contributed by atoms with Crippen LogP contribution in [0.3, 0.4) is 0 Å². The maximum atomic E-state index is 12.6. The van der Waals surface area contributed by atoms with Crippen LogP contribution in [0.25, 0.3) is 0 Å². The molecule has 9 heteroatoms. The Labute approximate surface area is 146 Å². The van der Waals surface area contributed by atoms with Crippen LogP contribution in [-0.2, 0) is 14.8 Å². The number of nitrogens with zero attached hydrogens (tertiary/aromatic N) is 1. The molecule has 1 aromatic rings. The van der Waals surface area contributed by atoms with E-state index in [-0.39, 0.29) is 10.5 Å². The van der Waals surface area contributed by atoms with E-state index < -0.39 is 34.0 Å². The molecule has 0 radical (unpaired) electrons. The van der Waals surface area contributed by atoms with Crippen molar-refractivity contribution in [2.75, 3.05) is 13.1 Å². The number of hydrogen-bond acceptors (Lipinski definition) is 5. The van der Waals surface area contributed by atoms with Crippen LogP contribution in [0, 0.1) is 6.92 Å². The lowest BCUT2D eigenvalue weighted by atomic mass is 10.1. The first-order valence-electron chi connectivity index (χ1n) is 7.97. The molecule has 3 N–H and O–H groups in total. The Morgan fingerprint density at radius 2 is 1.84 bits per heavy atom. The maximum absolute atomic E-state index is 12.6. The van der Waals surface area contributed by atoms with Gasteiger partial charge in [-0.3, -0.25) is 4.79 Å². The van der Waals surface area contributed by atoms with Gasteiger partial charge in [-0.25, -0.2) is 13.2 Å². The lowest BCUT2D eigenvalue weighted by Crippen LogP contribution is -2.47. The number of benzene rings is 1. The van der Waals surface area contributed by atoms with Crippen molar-refractivity contribution in [3.8, 4) is 0 Å². The second-order valence-corrected chi connectivity index (χ2v) is 8.06. The van der Waals surface area contributed by atoms with Crippen molar-refractivity contribution in [1.29, 1.82) is 0 Å². The average molecular weight is 370 g/mol. The largest absolute Gasteiger partial charge is 0.480 e. The number of carbonyl (C=O) groups excluding carboxylic acids is 1. The molecule has 1 amide bonds. The summed E-state index contributed by atoms with van der Waals surface area (Å²) >= 11 is 0. The zero-order chi connectivity index (χ0) is 18.8. The number of aliphatic hydroxyl groups is 1. The van der Waals surface area contributed by atoms with E-state index in [1.165, 1.54) is 29.4 Å². The summed E-state index contributed by atoms with van der Waals surface area (Å²) in [6, 6.07) is 2.71. The van der Waals surface area contributed by atoms with Gasteiger partial charge in [0.1, 0.15) is 0 Å². The zero-order valence-electron chi connectivity index (χ0n) is 14.1. The van der Waals surface area contributed by atoms with Crippen molar-refractivity contribution in [1.82, 2.24) is 9.62 Å². The smallest absolute Gasteiger partial charge is 0.328 e. The monoisotopic (exact) mass is 370 g/mol. The molecule has 0 saturated carbocycles. The fraction of sp³-hybridized carbons (Fsp3) is 0.500. The van der Waals surface area contributed by atoms with Crippen molar-refractivity contribution in [2.24, 2.45) is 0 Å². The summed E-state index contributed by atoms with van der Waals surface area (Å²) in [6.45, 7) is 3.77. The van der Waals surface area contributed by atoms with Gasteiger partial charge in [0, 0.05) is 18.7 Å². The van der Waals surface area contributed by atoms with Gasteiger partial charge >= 0.3 is 5.97 Å². The summed E-state index contributed by atoms with van der Waals surface area (Å²) in [7, 11) is -3.68. The molecule has 1 saturated heterocycles. The Morgan fingerprint density at radius 3 is 2.36 bits per heavy atom. The first-order chi connectivity index (χ1) is 11.6. The number of amides is 1. The van der Waals surface area contributed by atoms with Crippen molar-refractivity contribution in [2.45, 2.75) is 43.7 Å². The van der Waals surface area contributed by atoms with Crippen LogP contribution in [0.1, 0.15) is 35.7 Å². The van der Waals surface area contributed by atoms with Gasteiger partial charge in [-0.1, -0.05) is 6.07 Å². The number of aliphatic hydroxyl groups excluding tert-OH is 1. The van der Waals surface area contributed by atoms with Gasteiger partial charge in [0.15, 0.2) is 6.04 Å². The quantitative estimate of drug-likeness (QED) is 0.663. The molecule has 1 aromatic carbocycles. The summed E-state index contributed by atoms with van der Waals surface area (Å²) < 4.78 is 26.6. The zero-order valence-corrected chi connectivity index (χ0v) is 14.9. The third kappa shape index (κ3) is 4.17. The minimum atomic E-state index is -3.68. The number of aryl methyl sites for hydroxylation is 1. The number of aliphatic carboxylic acids is 1. The average Bonchev–Trinajstić information content (AvgIpc) is 3.07. The van der Waals surface area contributed by atoms with E-state index in [9.17, 15) is 23.1 Å². The van der Waals surface area contributed by atoms with Gasteiger partial charge in [0.25, 0.3) is 5.91 Å². The van der Waals surface area contributed by atoms with Crippen LogP contribution >= 0.6 is 0 Å². The Bertz CT molecular complexity index is 769. The van der Waals surface area contributed by atoms with E-state index >= 15 is 0 Å². The highest BCUT2D eigenvalue weighted by atomic mass is 32.2. The number of nitrogens with one attached hydrogen (secondary N) is 1. The molecule has 0 aliphatic carbocycles. The van der Waals surface area contributed by atoms with Crippen LogP contribution in [0.4, 0.5) is 0 Å². The van der Waals surface area contributed by atoms with Gasteiger partial charge in [0.05, 0.1) is 11.0 Å². The Morgan fingerprint density at radius 1 is 1.24 bits per heavy atom. The number of carboxylic acid groups (broad SMARTS) is 1. The number of carboxylic acids is 1. The SMILES string of the molecule is Cc1ccc(S(=O)(=O)N2CCCC2)cc1C(=O)N[C@@H](C(=O)O)[C@H](C)O. The van der Waals surface area contributed by atoms with E-state index in [2.05, 4.69) is 5.32 Å². The highest BCUT2D eigenvalue weighted by Crippen LogP contribution is 2.23. The molecule has 1 aliphatic rings. The summed E-state index contributed by atoms with van der Waals surface area (Å²) in [5.74, 6) is -2.12. The Balaban J connectivity index is 2.32. The van der Waals surface area contributed by atoms with Crippen LogP contribution in [0.15, 0.2) is 23.1 Å². The summed E-state index contributed by atoms with van der Waals surface area (Å²) in [5.41, 5.74) is 0.569. The Hall–Kier alpha value is -1.97. The fourth-order valence-electron chi connectivity index (χ4n) is 2.69. The van der Waals surface area contributed by atoms with Gasteiger partial charge in [-0.15, -0.1) is 0 Å². The van der Waals surface area contributed by atoms with Crippen LogP contribution in [-0.4, -0.2) is 60.0 Å². The van der Waals surface area contributed by atoms with E-state index in [1.807, 2.05) is 0 Å². The number of carbonyl (C=O) groups is 2. The van der Waals surface area contributed by atoms with Crippen LogP contribution < -0.4 is 5.32 Å². The molecule has 1 fully saturated rings. The molecular formula is C16H22N2O6S. The van der Waals surface area contributed by atoms with E-state index in [0.29, 0.717) is 18.7 Å². The van der Waals surface area contributed by atoms with Crippen molar-refractivity contribution in [3.63, 3.8) is 0 Å². The van der Waals surface area contributed by atoms with Gasteiger partial charge in [0.2, 0.25) is 10.0 Å². The second kappa shape index (κ2) is 7.51. The summed E-state index contributed by atoms with van der Waals surface area (Å²) in [6.07, 6.45) is 0.304. The van der Waals surface area contributed by atoms with Gasteiger partial charge in [-0.05, 0) is 44.4 Å². The molecule has 8 nitrogen and oxygen atoms in total. The third-order valence-corrected chi connectivity index (χ3v) is 6.09. The van der Waals surface area contributed by atoms with Gasteiger partial charge < -0.3 is 15.5 Å². The standard InChI is InChI=1S/C16H22N2O6S/c1-10-5-6-12(25(23,24)18-7-3-4-8-18)9-13(10)15(20)17-14(11(2)19)16(21)22/h5-6,9,11,14,19H,3-4,7-8H2,1-2H3,(H,17,20)(H,21,22)/t11-,14+/m0/s1. The first-order valence-corrected chi connectivity index (χ1v) is 9.41.